The first-order valence-electron chi connectivity index (χ1n) is 11.9. The van der Waals surface area contributed by atoms with Crippen LogP contribution in [-0.2, 0) is 9.59 Å². The van der Waals surface area contributed by atoms with E-state index in [4.69, 9.17) is 0 Å². The third-order valence-corrected chi connectivity index (χ3v) is 8.73. The quantitative estimate of drug-likeness (QED) is 0.116. The molecule has 0 saturated carbocycles. The lowest BCUT2D eigenvalue weighted by molar-refractivity contribution is -0.118. The number of hydrogen-bond acceptors (Lipinski definition) is 6. The highest BCUT2D eigenvalue weighted by molar-refractivity contribution is 9.10. The Morgan fingerprint density at radius 2 is 0.975 bits per heavy atom. The van der Waals surface area contributed by atoms with Gasteiger partial charge in [0.05, 0.1) is 0 Å². The highest BCUT2D eigenvalue weighted by Gasteiger charge is 2.22. The number of unbranched alkanes of at least 4 members (excludes halogenated alkanes) is 1. The summed E-state index contributed by atoms with van der Waals surface area (Å²) < 4.78 is 1.74. The van der Waals surface area contributed by atoms with Crippen LogP contribution in [0.3, 0.4) is 0 Å². The van der Waals surface area contributed by atoms with Crippen molar-refractivity contribution in [1.29, 1.82) is 0 Å². The summed E-state index contributed by atoms with van der Waals surface area (Å²) in [5.74, 6) is -2.97. The highest BCUT2D eigenvalue weighted by atomic mass is 79.9. The zero-order chi connectivity index (χ0) is 28.8. The van der Waals surface area contributed by atoms with Crippen molar-refractivity contribution in [2.24, 2.45) is 0 Å². The minimum atomic E-state index is -1.14. The van der Waals surface area contributed by atoms with Gasteiger partial charge in [-0.25, -0.2) is 9.59 Å². The Labute approximate surface area is 254 Å². The molecule has 0 radical (unpaired) electrons. The Kier molecular flexibility index (Phi) is 9.90. The van der Waals surface area contributed by atoms with Crippen molar-refractivity contribution < 1.29 is 29.4 Å². The second-order valence-electron chi connectivity index (χ2n) is 8.63. The maximum Gasteiger partial charge on any atom is 0.339 e. The summed E-state index contributed by atoms with van der Waals surface area (Å²) in [4.78, 5) is 48.9. The monoisotopic (exact) mass is 704 g/mol. The lowest BCUT2D eigenvalue weighted by atomic mass is 10.0. The largest absolute Gasteiger partial charge is 0.478 e. The number of nitrogens with one attached hydrogen (secondary N) is 2. The predicted molar refractivity (Wildman–Crippen MR) is 165 cm³/mol. The lowest BCUT2D eigenvalue weighted by Gasteiger charge is -2.07. The van der Waals surface area contributed by atoms with Gasteiger partial charge in [0.2, 0.25) is 11.8 Å². The van der Waals surface area contributed by atoms with E-state index in [1.54, 1.807) is 35.0 Å². The van der Waals surface area contributed by atoms with E-state index >= 15 is 0 Å². The minimum Gasteiger partial charge on any atom is -0.478 e. The molecule has 0 unspecified atom stereocenters. The van der Waals surface area contributed by atoms with Crippen molar-refractivity contribution in [2.45, 2.75) is 25.7 Å². The fraction of sp³-hybridized carbons (Fsp3) is 0.143. The molecule has 0 fully saturated rings. The number of thiophene rings is 2. The Hall–Kier alpha value is -3.32. The number of carboxylic acids is 2. The predicted octanol–water partition coefficient (Wildman–Crippen LogP) is 8.20. The molecule has 206 valence electrons. The first kappa shape index (κ1) is 29.7. The number of rotatable bonds is 11. The number of anilines is 2. The van der Waals surface area contributed by atoms with Crippen LogP contribution in [0.1, 0.15) is 46.4 Å². The van der Waals surface area contributed by atoms with E-state index in [1.807, 2.05) is 24.3 Å². The normalized spacial score (nSPS) is 10.8. The maximum absolute atomic E-state index is 12.5. The van der Waals surface area contributed by atoms with Gasteiger partial charge in [0, 0.05) is 43.7 Å². The van der Waals surface area contributed by atoms with Crippen LogP contribution in [0.4, 0.5) is 10.0 Å². The van der Waals surface area contributed by atoms with E-state index < -0.39 is 11.9 Å². The van der Waals surface area contributed by atoms with Gasteiger partial charge in [0.15, 0.2) is 0 Å². The molecule has 4 aromatic rings. The summed E-state index contributed by atoms with van der Waals surface area (Å²) in [6.07, 6.45) is 0.996. The third-order valence-electron chi connectivity index (χ3n) is 5.88. The number of hydrogen-bond donors (Lipinski definition) is 4. The number of benzene rings is 2. The molecule has 2 aromatic carbocycles. The van der Waals surface area contributed by atoms with Crippen LogP contribution in [0.15, 0.2) is 68.2 Å². The zero-order valence-corrected chi connectivity index (χ0v) is 25.5. The molecule has 12 heteroatoms. The van der Waals surface area contributed by atoms with E-state index in [1.165, 1.54) is 0 Å². The molecule has 0 saturated heterocycles. The van der Waals surface area contributed by atoms with Crippen molar-refractivity contribution >= 4 is 88.3 Å². The Bertz CT molecular complexity index is 1440. The van der Waals surface area contributed by atoms with E-state index in [-0.39, 0.29) is 45.8 Å². The molecule has 8 nitrogen and oxygen atoms in total. The van der Waals surface area contributed by atoms with Gasteiger partial charge in [-0.3, -0.25) is 9.59 Å². The number of amides is 2. The van der Waals surface area contributed by atoms with Crippen molar-refractivity contribution in [3.63, 3.8) is 0 Å². The molecule has 0 aliphatic carbocycles. The average molecular weight is 706 g/mol. The van der Waals surface area contributed by atoms with Crippen LogP contribution in [0.5, 0.6) is 0 Å². The van der Waals surface area contributed by atoms with Crippen LogP contribution in [0.2, 0.25) is 0 Å². The second-order valence-corrected chi connectivity index (χ2v) is 12.2. The number of aromatic carboxylic acids is 2. The molecule has 0 bridgehead atoms. The average Bonchev–Trinajstić information content (AvgIpc) is 3.52. The smallest absolute Gasteiger partial charge is 0.339 e. The fourth-order valence-electron chi connectivity index (χ4n) is 3.96. The molecule has 0 atom stereocenters. The van der Waals surface area contributed by atoms with Crippen LogP contribution in [0, 0.1) is 0 Å². The summed E-state index contributed by atoms with van der Waals surface area (Å²) in [6.45, 7) is 0. The molecule has 2 aromatic heterocycles. The molecule has 2 amide bonds. The van der Waals surface area contributed by atoms with Crippen molar-refractivity contribution in [2.75, 3.05) is 10.6 Å². The number of carbonyl (C=O) groups excluding carboxylic acids is 2. The van der Waals surface area contributed by atoms with Crippen LogP contribution < -0.4 is 10.6 Å². The fourth-order valence-corrected chi connectivity index (χ4v) is 6.44. The van der Waals surface area contributed by atoms with E-state index in [0.717, 1.165) is 42.7 Å². The van der Waals surface area contributed by atoms with Gasteiger partial charge < -0.3 is 20.8 Å². The topological polar surface area (TPSA) is 133 Å². The second kappa shape index (κ2) is 13.4. The molecule has 0 aliphatic rings. The molecule has 4 rings (SSSR count). The van der Waals surface area contributed by atoms with Crippen LogP contribution >= 0.6 is 54.5 Å². The standard InChI is InChI=1S/C28H22Br2N2O6S2/c29-17-9-5-15(6-10-17)19-13-39-25(23(19)27(35)36)31-21(33)3-1-2-4-22(34)32-26-24(28(37)38)20(14-40-26)16-7-11-18(30)12-8-16/h5-14H,1-4H2,(H,31,33)(H,32,34)(H,35,36)(H,37,38). The van der Waals surface area contributed by atoms with Crippen molar-refractivity contribution in [1.82, 2.24) is 0 Å². The Morgan fingerprint density at radius 3 is 1.30 bits per heavy atom. The molecule has 0 aliphatic heterocycles. The minimum absolute atomic E-state index is 0.0349. The molecular formula is C28H22Br2N2O6S2. The summed E-state index contributed by atoms with van der Waals surface area (Å²) in [5, 5.41) is 28.8. The third kappa shape index (κ3) is 7.25. The Balaban J connectivity index is 1.30. The summed E-state index contributed by atoms with van der Waals surface area (Å²) >= 11 is 9.01. The van der Waals surface area contributed by atoms with E-state index in [9.17, 15) is 29.4 Å². The van der Waals surface area contributed by atoms with Crippen LogP contribution in [0.25, 0.3) is 22.3 Å². The lowest BCUT2D eigenvalue weighted by Crippen LogP contribution is -2.15. The maximum atomic E-state index is 12.5. The van der Waals surface area contributed by atoms with Crippen molar-refractivity contribution in [3.8, 4) is 22.3 Å². The van der Waals surface area contributed by atoms with Gasteiger partial charge in [0.25, 0.3) is 0 Å². The summed E-state index contributed by atoms with van der Waals surface area (Å²) in [7, 11) is 0. The SMILES string of the molecule is O=C(CCCCC(=O)Nc1scc(-c2ccc(Br)cc2)c1C(=O)O)Nc1scc(-c2ccc(Br)cc2)c1C(=O)O. The number of carbonyl (C=O) groups is 4. The van der Waals surface area contributed by atoms with E-state index in [0.29, 0.717) is 24.0 Å². The molecule has 0 spiro atoms. The number of halogens is 2. The number of carboxylic acid groups (broad SMARTS) is 2. The van der Waals surface area contributed by atoms with Gasteiger partial charge >= 0.3 is 11.9 Å². The molecule has 4 N–H and O–H groups in total. The first-order valence-corrected chi connectivity index (χ1v) is 15.3. The molecule has 2 heterocycles. The molecule has 40 heavy (non-hydrogen) atoms. The Morgan fingerprint density at radius 1 is 0.625 bits per heavy atom. The first-order chi connectivity index (χ1) is 19.1. The zero-order valence-electron chi connectivity index (χ0n) is 20.7. The van der Waals surface area contributed by atoms with E-state index in [2.05, 4.69) is 42.5 Å². The van der Waals surface area contributed by atoms with Crippen LogP contribution in [-0.4, -0.2) is 34.0 Å². The van der Waals surface area contributed by atoms with Gasteiger partial charge in [0.1, 0.15) is 21.1 Å². The highest BCUT2D eigenvalue weighted by Crippen LogP contribution is 2.37. The van der Waals surface area contributed by atoms with Gasteiger partial charge in [-0.15, -0.1) is 22.7 Å². The molecular weight excluding hydrogens is 684 g/mol. The summed E-state index contributed by atoms with van der Waals surface area (Å²) in [5.41, 5.74) is 2.57. The summed E-state index contributed by atoms with van der Waals surface area (Å²) in [6, 6.07) is 14.5. The van der Waals surface area contributed by atoms with Gasteiger partial charge in [-0.2, -0.15) is 0 Å². The van der Waals surface area contributed by atoms with Gasteiger partial charge in [-0.05, 0) is 48.2 Å². The van der Waals surface area contributed by atoms with Crippen molar-refractivity contribution in [3.05, 3.63) is 79.4 Å². The van der Waals surface area contributed by atoms with Gasteiger partial charge in [-0.1, -0.05) is 56.1 Å².